The zero-order chi connectivity index (χ0) is 10.7. The highest BCUT2D eigenvalue weighted by Gasteiger charge is 2.24. The summed E-state index contributed by atoms with van der Waals surface area (Å²) in [6.45, 7) is 2.19. The second-order valence-electron chi connectivity index (χ2n) is 4.26. The number of hydrogen-bond donors (Lipinski definition) is 2. The lowest BCUT2D eigenvalue weighted by Crippen LogP contribution is -2.20. The van der Waals surface area contributed by atoms with Gasteiger partial charge in [-0.15, -0.1) is 0 Å². The molecule has 1 saturated carbocycles. The van der Waals surface area contributed by atoms with Crippen LogP contribution in [0, 0.1) is 5.92 Å². The van der Waals surface area contributed by atoms with Crippen LogP contribution in [0.3, 0.4) is 0 Å². The van der Waals surface area contributed by atoms with E-state index in [1.54, 1.807) is 12.4 Å². The van der Waals surface area contributed by atoms with Crippen molar-refractivity contribution in [3.8, 4) is 0 Å². The Morgan fingerprint density at radius 1 is 1.53 bits per heavy atom. The highest BCUT2D eigenvalue weighted by molar-refractivity contribution is 5.39. The van der Waals surface area contributed by atoms with Crippen LogP contribution < -0.4 is 11.1 Å². The molecule has 1 unspecified atom stereocenters. The Hall–Kier alpha value is -1.32. The maximum Gasteiger partial charge on any atom is 0.147 e. The van der Waals surface area contributed by atoms with E-state index in [0.717, 1.165) is 18.2 Å². The van der Waals surface area contributed by atoms with Crippen molar-refractivity contribution >= 4 is 11.6 Å². The molecule has 0 bridgehead atoms. The van der Waals surface area contributed by atoms with Crippen LogP contribution in [0.1, 0.15) is 32.6 Å². The van der Waals surface area contributed by atoms with Crippen LogP contribution in [0.4, 0.5) is 11.6 Å². The molecule has 1 aromatic rings. The van der Waals surface area contributed by atoms with E-state index in [4.69, 9.17) is 5.73 Å². The Morgan fingerprint density at radius 3 is 2.93 bits per heavy atom. The van der Waals surface area contributed by atoms with Gasteiger partial charge in [-0.25, -0.2) is 4.98 Å². The zero-order valence-electron chi connectivity index (χ0n) is 9.11. The van der Waals surface area contributed by atoms with E-state index >= 15 is 0 Å². The van der Waals surface area contributed by atoms with Crippen LogP contribution in [0.5, 0.6) is 0 Å². The molecule has 0 aromatic carbocycles. The Bertz CT molecular complexity index is 322. The van der Waals surface area contributed by atoms with E-state index in [1.165, 1.54) is 19.3 Å². The van der Waals surface area contributed by atoms with Crippen molar-refractivity contribution in [1.29, 1.82) is 0 Å². The van der Waals surface area contributed by atoms with Gasteiger partial charge in [0, 0.05) is 6.04 Å². The minimum atomic E-state index is 0.473. The number of rotatable bonds is 5. The Morgan fingerprint density at radius 2 is 2.33 bits per heavy atom. The van der Waals surface area contributed by atoms with Gasteiger partial charge in [0.25, 0.3) is 0 Å². The van der Waals surface area contributed by atoms with Gasteiger partial charge in [0.15, 0.2) is 0 Å². The van der Waals surface area contributed by atoms with E-state index in [1.807, 2.05) is 0 Å². The molecule has 4 nitrogen and oxygen atoms in total. The van der Waals surface area contributed by atoms with Crippen LogP contribution in [0.25, 0.3) is 0 Å². The van der Waals surface area contributed by atoms with Gasteiger partial charge in [-0.05, 0) is 18.8 Å². The molecule has 0 radical (unpaired) electrons. The lowest BCUT2D eigenvalue weighted by molar-refractivity contribution is 0.585. The highest BCUT2D eigenvalue weighted by Crippen LogP contribution is 2.34. The molecule has 0 spiro atoms. The fraction of sp³-hybridized carbons (Fsp3) is 0.636. The summed E-state index contributed by atoms with van der Waals surface area (Å²) in [6.07, 6.45) is 8.43. The van der Waals surface area contributed by atoms with Crippen molar-refractivity contribution in [2.75, 3.05) is 11.1 Å². The lowest BCUT2D eigenvalue weighted by Gasteiger charge is -2.16. The van der Waals surface area contributed by atoms with Crippen LogP contribution in [-0.4, -0.2) is 16.0 Å². The van der Waals surface area contributed by atoms with Crippen molar-refractivity contribution in [2.24, 2.45) is 5.92 Å². The van der Waals surface area contributed by atoms with Gasteiger partial charge in [0.05, 0.1) is 12.4 Å². The van der Waals surface area contributed by atoms with Crippen molar-refractivity contribution in [2.45, 2.75) is 38.6 Å². The average molecular weight is 206 g/mol. The molecule has 1 aliphatic carbocycles. The Labute approximate surface area is 90.3 Å². The molecule has 15 heavy (non-hydrogen) atoms. The van der Waals surface area contributed by atoms with Crippen LogP contribution in [0.2, 0.25) is 0 Å². The molecule has 1 heterocycles. The number of hydrogen-bond acceptors (Lipinski definition) is 4. The first-order valence-electron chi connectivity index (χ1n) is 5.62. The molecule has 3 N–H and O–H groups in total. The van der Waals surface area contributed by atoms with Gasteiger partial charge < -0.3 is 11.1 Å². The topological polar surface area (TPSA) is 63.8 Å². The van der Waals surface area contributed by atoms with E-state index in [2.05, 4.69) is 22.2 Å². The third-order valence-electron chi connectivity index (χ3n) is 2.81. The molecule has 1 aromatic heterocycles. The first-order chi connectivity index (χ1) is 7.28. The van der Waals surface area contributed by atoms with E-state index in [-0.39, 0.29) is 0 Å². The van der Waals surface area contributed by atoms with Gasteiger partial charge >= 0.3 is 0 Å². The highest BCUT2D eigenvalue weighted by atomic mass is 15.1. The standard InChI is InChI=1S/C11H18N4/c1-2-9(5-8-3-4-8)14-11-7-13-6-10(12)15-11/h6-9H,2-5H2,1H3,(H3,12,14,15). The number of nitrogens with two attached hydrogens (primary N) is 1. The summed E-state index contributed by atoms with van der Waals surface area (Å²) in [5.74, 6) is 2.19. The fourth-order valence-corrected chi connectivity index (χ4v) is 1.74. The van der Waals surface area contributed by atoms with Gasteiger partial charge in [-0.2, -0.15) is 0 Å². The molecule has 2 rings (SSSR count). The van der Waals surface area contributed by atoms with Gasteiger partial charge in [-0.3, -0.25) is 4.98 Å². The van der Waals surface area contributed by atoms with E-state index in [0.29, 0.717) is 11.9 Å². The minimum absolute atomic E-state index is 0.473. The minimum Gasteiger partial charge on any atom is -0.382 e. The van der Waals surface area contributed by atoms with Crippen molar-refractivity contribution in [3.05, 3.63) is 12.4 Å². The largest absolute Gasteiger partial charge is 0.382 e. The number of aromatic nitrogens is 2. The molecular weight excluding hydrogens is 188 g/mol. The maximum absolute atomic E-state index is 5.58. The monoisotopic (exact) mass is 206 g/mol. The Balaban J connectivity index is 1.92. The number of nitrogens with one attached hydrogen (secondary N) is 1. The first kappa shape index (κ1) is 10.2. The quantitative estimate of drug-likeness (QED) is 0.774. The van der Waals surface area contributed by atoms with Crippen LogP contribution >= 0.6 is 0 Å². The van der Waals surface area contributed by atoms with Crippen LogP contribution in [-0.2, 0) is 0 Å². The SMILES string of the molecule is CCC(CC1CC1)Nc1cncc(N)n1. The van der Waals surface area contributed by atoms with Gasteiger partial charge in [-0.1, -0.05) is 19.8 Å². The van der Waals surface area contributed by atoms with E-state index in [9.17, 15) is 0 Å². The second-order valence-corrected chi connectivity index (χ2v) is 4.26. The summed E-state index contributed by atoms with van der Waals surface area (Å²) in [7, 11) is 0. The number of nitrogens with zero attached hydrogens (tertiary/aromatic N) is 2. The zero-order valence-corrected chi connectivity index (χ0v) is 9.11. The first-order valence-corrected chi connectivity index (χ1v) is 5.62. The molecule has 0 aliphatic heterocycles. The predicted molar refractivity (Wildman–Crippen MR) is 61.5 cm³/mol. The second kappa shape index (κ2) is 4.47. The van der Waals surface area contributed by atoms with Crippen molar-refractivity contribution < 1.29 is 0 Å². The Kier molecular flexibility index (Phi) is 3.04. The molecule has 82 valence electrons. The average Bonchev–Trinajstić information content (AvgIpc) is 3.01. The summed E-state index contributed by atoms with van der Waals surface area (Å²) in [6, 6.07) is 0.508. The van der Waals surface area contributed by atoms with E-state index < -0.39 is 0 Å². The van der Waals surface area contributed by atoms with Crippen molar-refractivity contribution in [1.82, 2.24) is 9.97 Å². The smallest absolute Gasteiger partial charge is 0.147 e. The summed E-state index contributed by atoms with van der Waals surface area (Å²) in [5, 5.41) is 3.39. The normalized spacial score (nSPS) is 17.4. The summed E-state index contributed by atoms with van der Waals surface area (Å²) in [5.41, 5.74) is 5.58. The number of anilines is 2. The molecule has 4 heteroatoms. The third-order valence-corrected chi connectivity index (χ3v) is 2.81. The summed E-state index contributed by atoms with van der Waals surface area (Å²) >= 11 is 0. The molecule has 1 aliphatic rings. The molecule has 0 saturated heterocycles. The summed E-state index contributed by atoms with van der Waals surface area (Å²) < 4.78 is 0. The van der Waals surface area contributed by atoms with Crippen molar-refractivity contribution in [3.63, 3.8) is 0 Å². The molecule has 0 amide bonds. The summed E-state index contributed by atoms with van der Waals surface area (Å²) in [4.78, 5) is 8.21. The molecule has 1 atom stereocenters. The third kappa shape index (κ3) is 3.08. The molecule has 1 fully saturated rings. The molecular formula is C11H18N4. The fourth-order valence-electron chi connectivity index (χ4n) is 1.74. The lowest BCUT2D eigenvalue weighted by atomic mass is 10.1. The number of nitrogen functional groups attached to an aromatic ring is 1. The van der Waals surface area contributed by atoms with Crippen LogP contribution in [0.15, 0.2) is 12.4 Å². The van der Waals surface area contributed by atoms with Gasteiger partial charge in [0.2, 0.25) is 0 Å². The predicted octanol–water partition coefficient (Wildman–Crippen LogP) is 2.05. The van der Waals surface area contributed by atoms with Gasteiger partial charge in [0.1, 0.15) is 11.6 Å². The maximum atomic E-state index is 5.58.